The van der Waals surface area contributed by atoms with E-state index in [1.165, 1.54) is 0 Å². The fourth-order valence-electron chi connectivity index (χ4n) is 1.87. The van der Waals surface area contributed by atoms with Gasteiger partial charge in [-0.2, -0.15) is 0 Å². The normalized spacial score (nSPS) is 24.8. The summed E-state index contributed by atoms with van der Waals surface area (Å²) in [5.74, 6) is 0.949. The fourth-order valence-corrected chi connectivity index (χ4v) is 1.87. The first kappa shape index (κ1) is 9.01. The Hall–Kier alpha value is -0.0800. The smallest absolute Gasteiger partial charge is 0.0545 e. The van der Waals surface area contributed by atoms with Gasteiger partial charge >= 0.3 is 0 Å². The first-order valence-corrected chi connectivity index (χ1v) is 4.29. The second kappa shape index (κ2) is 3.11. The summed E-state index contributed by atoms with van der Waals surface area (Å²) in [6.45, 7) is 8.43. The minimum Gasteiger partial charge on any atom is -0.396 e. The molecule has 66 valence electrons. The molecule has 0 spiro atoms. The Morgan fingerprint density at radius 3 is 2.09 bits per heavy atom. The van der Waals surface area contributed by atoms with E-state index in [2.05, 4.69) is 20.8 Å². The summed E-state index contributed by atoms with van der Waals surface area (Å²) in [5.41, 5.74) is 0.239. The van der Waals surface area contributed by atoms with Crippen molar-refractivity contribution in [1.29, 1.82) is 0 Å². The summed E-state index contributed by atoms with van der Waals surface area (Å²) < 4.78 is 5.16. The number of aliphatic hydroxyl groups is 1. The molecule has 0 amide bonds. The van der Waals surface area contributed by atoms with Crippen LogP contribution in [0.2, 0.25) is 0 Å². The monoisotopic (exact) mass is 158 g/mol. The van der Waals surface area contributed by atoms with Gasteiger partial charge in [-0.15, -0.1) is 0 Å². The summed E-state index contributed by atoms with van der Waals surface area (Å²) in [5, 5.41) is 9.14. The Labute approximate surface area is 68.6 Å². The van der Waals surface area contributed by atoms with Crippen LogP contribution in [0.3, 0.4) is 0 Å². The van der Waals surface area contributed by atoms with Gasteiger partial charge in [-0.1, -0.05) is 20.8 Å². The second-order valence-electron chi connectivity index (χ2n) is 4.18. The van der Waals surface area contributed by atoms with Crippen LogP contribution in [0.25, 0.3) is 0 Å². The fraction of sp³-hybridized carbons (Fsp3) is 1.00. The van der Waals surface area contributed by atoms with E-state index in [0.717, 1.165) is 13.2 Å². The predicted molar refractivity (Wildman–Crippen MR) is 44.3 cm³/mol. The van der Waals surface area contributed by atoms with Crippen LogP contribution in [0, 0.1) is 17.3 Å². The van der Waals surface area contributed by atoms with Gasteiger partial charge in [0, 0.05) is 12.0 Å². The molecule has 1 rings (SSSR count). The van der Waals surface area contributed by atoms with Crippen LogP contribution >= 0.6 is 0 Å². The number of hydrogen-bond acceptors (Lipinski definition) is 2. The molecule has 0 radical (unpaired) electrons. The highest BCUT2D eigenvalue weighted by Crippen LogP contribution is 2.38. The maximum atomic E-state index is 9.14. The van der Waals surface area contributed by atoms with Gasteiger partial charge in [0.05, 0.1) is 13.2 Å². The average Bonchev–Trinajstić information content (AvgIpc) is 1.85. The predicted octanol–water partition coefficient (Wildman–Crippen LogP) is 1.29. The average molecular weight is 158 g/mol. The molecule has 0 aliphatic carbocycles. The van der Waals surface area contributed by atoms with E-state index < -0.39 is 0 Å². The van der Waals surface area contributed by atoms with E-state index in [-0.39, 0.29) is 12.0 Å². The lowest BCUT2D eigenvalue weighted by Gasteiger charge is -2.45. The quantitative estimate of drug-likeness (QED) is 0.670. The van der Waals surface area contributed by atoms with E-state index in [1.807, 2.05) is 0 Å². The van der Waals surface area contributed by atoms with Gasteiger partial charge in [-0.25, -0.2) is 0 Å². The summed E-state index contributed by atoms with van der Waals surface area (Å²) in [6.07, 6.45) is 0. The largest absolute Gasteiger partial charge is 0.396 e. The molecular weight excluding hydrogens is 140 g/mol. The molecular formula is C9H18O2. The number of ether oxygens (including phenoxy) is 1. The maximum Gasteiger partial charge on any atom is 0.0545 e. The molecule has 0 saturated carbocycles. The second-order valence-corrected chi connectivity index (χ2v) is 4.18. The summed E-state index contributed by atoms with van der Waals surface area (Å²) in [4.78, 5) is 0. The van der Waals surface area contributed by atoms with Gasteiger partial charge in [0.25, 0.3) is 0 Å². The van der Waals surface area contributed by atoms with Gasteiger partial charge in [-0.3, -0.25) is 0 Å². The topological polar surface area (TPSA) is 29.5 Å². The molecule has 0 aromatic heterocycles. The third-order valence-corrected chi connectivity index (χ3v) is 2.76. The van der Waals surface area contributed by atoms with Crippen LogP contribution in [-0.4, -0.2) is 24.9 Å². The highest BCUT2D eigenvalue weighted by molar-refractivity contribution is 4.88. The number of hydrogen-bond donors (Lipinski definition) is 1. The maximum absolute atomic E-state index is 9.14. The zero-order chi connectivity index (χ0) is 8.48. The molecule has 1 unspecified atom stereocenters. The van der Waals surface area contributed by atoms with Crippen molar-refractivity contribution in [2.24, 2.45) is 17.3 Å². The first-order chi connectivity index (χ1) is 5.10. The Kier molecular flexibility index (Phi) is 2.55. The Morgan fingerprint density at radius 1 is 1.45 bits per heavy atom. The van der Waals surface area contributed by atoms with Crippen molar-refractivity contribution in [1.82, 2.24) is 0 Å². The van der Waals surface area contributed by atoms with E-state index in [4.69, 9.17) is 9.84 Å². The van der Waals surface area contributed by atoms with E-state index in [1.54, 1.807) is 0 Å². The van der Waals surface area contributed by atoms with Crippen molar-refractivity contribution in [3.63, 3.8) is 0 Å². The highest BCUT2D eigenvalue weighted by Gasteiger charge is 2.42. The highest BCUT2D eigenvalue weighted by atomic mass is 16.5. The molecule has 1 aliphatic heterocycles. The van der Waals surface area contributed by atoms with Crippen molar-refractivity contribution in [2.75, 3.05) is 19.8 Å². The molecule has 1 saturated heterocycles. The van der Waals surface area contributed by atoms with Crippen molar-refractivity contribution in [3.8, 4) is 0 Å². The lowest BCUT2D eigenvalue weighted by atomic mass is 9.70. The van der Waals surface area contributed by atoms with Crippen LogP contribution in [0.4, 0.5) is 0 Å². The lowest BCUT2D eigenvalue weighted by molar-refractivity contribution is -0.152. The van der Waals surface area contributed by atoms with Crippen LogP contribution in [0.15, 0.2) is 0 Å². The Morgan fingerprint density at radius 2 is 2.00 bits per heavy atom. The molecule has 1 fully saturated rings. The van der Waals surface area contributed by atoms with Crippen LogP contribution in [-0.2, 0) is 4.74 Å². The van der Waals surface area contributed by atoms with Crippen LogP contribution in [0.1, 0.15) is 20.8 Å². The first-order valence-electron chi connectivity index (χ1n) is 4.29. The molecule has 0 bridgehead atoms. The summed E-state index contributed by atoms with van der Waals surface area (Å²) >= 11 is 0. The summed E-state index contributed by atoms with van der Waals surface area (Å²) in [7, 11) is 0. The zero-order valence-electron chi connectivity index (χ0n) is 7.63. The number of rotatable bonds is 3. The molecule has 0 aromatic carbocycles. The van der Waals surface area contributed by atoms with Crippen LogP contribution in [0.5, 0.6) is 0 Å². The zero-order valence-corrected chi connectivity index (χ0v) is 7.63. The van der Waals surface area contributed by atoms with Crippen LogP contribution < -0.4 is 0 Å². The van der Waals surface area contributed by atoms with Crippen molar-refractivity contribution < 1.29 is 9.84 Å². The molecule has 1 N–H and O–H groups in total. The SMILES string of the molecule is CC(C)C(CO)C1(C)COC1. The van der Waals surface area contributed by atoms with Gasteiger partial charge in [-0.05, 0) is 11.8 Å². The minimum atomic E-state index is 0.239. The minimum absolute atomic E-state index is 0.239. The molecule has 0 aromatic rings. The van der Waals surface area contributed by atoms with E-state index in [0.29, 0.717) is 11.8 Å². The van der Waals surface area contributed by atoms with Gasteiger partial charge in [0.2, 0.25) is 0 Å². The van der Waals surface area contributed by atoms with Gasteiger partial charge in [0.15, 0.2) is 0 Å². The van der Waals surface area contributed by atoms with E-state index >= 15 is 0 Å². The van der Waals surface area contributed by atoms with Gasteiger partial charge in [0.1, 0.15) is 0 Å². The number of aliphatic hydroxyl groups excluding tert-OH is 1. The summed E-state index contributed by atoms with van der Waals surface area (Å²) in [6, 6.07) is 0. The molecule has 1 atom stereocenters. The van der Waals surface area contributed by atoms with E-state index in [9.17, 15) is 0 Å². The Bertz CT molecular complexity index is 128. The third-order valence-electron chi connectivity index (χ3n) is 2.76. The molecule has 1 heterocycles. The van der Waals surface area contributed by atoms with Crippen molar-refractivity contribution in [3.05, 3.63) is 0 Å². The van der Waals surface area contributed by atoms with Crippen molar-refractivity contribution >= 4 is 0 Å². The lowest BCUT2D eigenvalue weighted by Crippen LogP contribution is -2.49. The molecule has 11 heavy (non-hydrogen) atoms. The molecule has 2 nitrogen and oxygen atoms in total. The third kappa shape index (κ3) is 1.57. The van der Waals surface area contributed by atoms with Gasteiger partial charge < -0.3 is 9.84 Å². The van der Waals surface area contributed by atoms with Crippen molar-refractivity contribution in [2.45, 2.75) is 20.8 Å². The Balaban J connectivity index is 2.53. The molecule has 2 heteroatoms. The standard InChI is InChI=1S/C9H18O2/c1-7(2)8(4-10)9(3)5-11-6-9/h7-8,10H,4-6H2,1-3H3. The molecule has 1 aliphatic rings.